The Morgan fingerprint density at radius 3 is 3.00 bits per heavy atom. The molecule has 1 aliphatic rings. The van der Waals surface area contributed by atoms with E-state index in [0.717, 1.165) is 18.5 Å². The number of nitrogens with one attached hydrogen (secondary N) is 2. The molecule has 1 aliphatic heterocycles. The number of aryl methyl sites for hydroxylation is 1. The van der Waals surface area contributed by atoms with Crippen molar-refractivity contribution in [3.05, 3.63) is 35.1 Å². The quantitative estimate of drug-likeness (QED) is 0.858. The van der Waals surface area contributed by atoms with Crippen LogP contribution >= 0.6 is 0 Å². The number of amides is 1. The fourth-order valence-corrected chi connectivity index (χ4v) is 2.33. The number of halogens is 1. The second kappa shape index (κ2) is 5.96. The molecule has 98 valence electrons. The first kappa shape index (κ1) is 13.0. The minimum Gasteiger partial charge on any atom is -0.352 e. The standard InChI is InChI=1S/C14H19FN2O/c1-10-7-11(9-12(15)8-10)14(18)17-6-4-13-3-2-5-16-13/h7-9,13,16H,2-6H2,1H3,(H,17,18)/t13-/m0/s1. The lowest BCUT2D eigenvalue weighted by molar-refractivity contribution is 0.0952. The molecular formula is C14H19FN2O. The minimum absolute atomic E-state index is 0.199. The molecule has 1 atom stereocenters. The summed E-state index contributed by atoms with van der Waals surface area (Å²) in [6, 6.07) is 4.90. The van der Waals surface area contributed by atoms with Crippen molar-refractivity contribution >= 4 is 5.91 Å². The molecule has 4 heteroatoms. The van der Waals surface area contributed by atoms with Crippen LogP contribution in [0.4, 0.5) is 4.39 Å². The van der Waals surface area contributed by atoms with Gasteiger partial charge in [-0.2, -0.15) is 0 Å². The molecule has 1 saturated heterocycles. The fraction of sp³-hybridized carbons (Fsp3) is 0.500. The number of carbonyl (C=O) groups excluding carboxylic acids is 1. The summed E-state index contributed by atoms with van der Waals surface area (Å²) in [5, 5.41) is 6.21. The van der Waals surface area contributed by atoms with Crippen LogP contribution in [0.2, 0.25) is 0 Å². The summed E-state index contributed by atoms with van der Waals surface area (Å²) in [7, 11) is 0. The molecule has 0 aliphatic carbocycles. The van der Waals surface area contributed by atoms with E-state index in [1.54, 1.807) is 13.0 Å². The van der Waals surface area contributed by atoms with Crippen molar-refractivity contribution in [3.63, 3.8) is 0 Å². The molecule has 0 aromatic heterocycles. The Morgan fingerprint density at radius 2 is 2.33 bits per heavy atom. The molecule has 1 aromatic rings. The average molecular weight is 250 g/mol. The van der Waals surface area contributed by atoms with Crippen LogP contribution in [0.25, 0.3) is 0 Å². The zero-order valence-corrected chi connectivity index (χ0v) is 10.6. The van der Waals surface area contributed by atoms with Gasteiger partial charge in [0.1, 0.15) is 5.82 Å². The zero-order valence-electron chi connectivity index (χ0n) is 10.6. The van der Waals surface area contributed by atoms with E-state index in [0.29, 0.717) is 18.2 Å². The molecule has 1 amide bonds. The third-order valence-corrected chi connectivity index (χ3v) is 3.25. The molecule has 3 nitrogen and oxygen atoms in total. The Labute approximate surface area is 107 Å². The smallest absolute Gasteiger partial charge is 0.251 e. The molecule has 1 fully saturated rings. The molecular weight excluding hydrogens is 231 g/mol. The van der Waals surface area contributed by atoms with Crippen molar-refractivity contribution in [1.29, 1.82) is 0 Å². The third kappa shape index (κ3) is 3.53. The Bertz CT molecular complexity index is 408. The Balaban J connectivity index is 1.83. The van der Waals surface area contributed by atoms with Crippen molar-refractivity contribution in [2.75, 3.05) is 13.1 Å². The van der Waals surface area contributed by atoms with Crippen LogP contribution in [0.1, 0.15) is 35.2 Å². The van der Waals surface area contributed by atoms with Crippen LogP contribution in [0, 0.1) is 12.7 Å². The summed E-state index contributed by atoms with van der Waals surface area (Å²) in [5.74, 6) is -0.562. The van der Waals surface area contributed by atoms with Gasteiger partial charge in [0.25, 0.3) is 5.91 Å². The number of hydrogen-bond acceptors (Lipinski definition) is 2. The van der Waals surface area contributed by atoms with Crippen LogP contribution in [-0.4, -0.2) is 25.0 Å². The molecule has 0 bridgehead atoms. The largest absolute Gasteiger partial charge is 0.352 e. The Morgan fingerprint density at radius 1 is 1.50 bits per heavy atom. The lowest BCUT2D eigenvalue weighted by Gasteiger charge is -2.11. The molecule has 2 rings (SSSR count). The van der Waals surface area contributed by atoms with E-state index in [-0.39, 0.29) is 11.7 Å². The molecule has 18 heavy (non-hydrogen) atoms. The monoisotopic (exact) mass is 250 g/mol. The first-order valence-electron chi connectivity index (χ1n) is 6.44. The van der Waals surface area contributed by atoms with Crippen molar-refractivity contribution in [2.45, 2.75) is 32.2 Å². The van der Waals surface area contributed by atoms with Crippen molar-refractivity contribution in [3.8, 4) is 0 Å². The Hall–Kier alpha value is -1.42. The second-order valence-electron chi connectivity index (χ2n) is 4.86. The van der Waals surface area contributed by atoms with Gasteiger partial charge in [0, 0.05) is 18.2 Å². The molecule has 0 unspecified atom stereocenters. The number of benzene rings is 1. The SMILES string of the molecule is Cc1cc(F)cc(C(=O)NCC[C@@H]2CCCN2)c1. The number of rotatable bonds is 4. The van der Waals surface area contributed by atoms with Crippen LogP contribution in [0.3, 0.4) is 0 Å². The molecule has 0 saturated carbocycles. The molecule has 0 spiro atoms. The van der Waals surface area contributed by atoms with Gasteiger partial charge in [0.05, 0.1) is 0 Å². The normalized spacial score (nSPS) is 18.9. The predicted molar refractivity (Wildman–Crippen MR) is 69.1 cm³/mol. The van der Waals surface area contributed by atoms with Gasteiger partial charge in [0.2, 0.25) is 0 Å². The van der Waals surface area contributed by atoms with Gasteiger partial charge in [-0.1, -0.05) is 0 Å². The summed E-state index contributed by atoms with van der Waals surface area (Å²) in [6.07, 6.45) is 3.32. The highest BCUT2D eigenvalue weighted by Crippen LogP contribution is 2.09. The van der Waals surface area contributed by atoms with E-state index < -0.39 is 0 Å². The van der Waals surface area contributed by atoms with Crippen LogP contribution in [-0.2, 0) is 0 Å². The highest BCUT2D eigenvalue weighted by molar-refractivity contribution is 5.94. The Kier molecular flexibility index (Phi) is 4.31. The maximum Gasteiger partial charge on any atom is 0.251 e. The summed E-state index contributed by atoms with van der Waals surface area (Å²) in [5.41, 5.74) is 1.16. The zero-order chi connectivity index (χ0) is 13.0. The summed E-state index contributed by atoms with van der Waals surface area (Å²) in [6.45, 7) is 3.48. The van der Waals surface area contributed by atoms with E-state index in [2.05, 4.69) is 10.6 Å². The van der Waals surface area contributed by atoms with Gasteiger partial charge in [0.15, 0.2) is 0 Å². The van der Waals surface area contributed by atoms with Crippen LogP contribution in [0.5, 0.6) is 0 Å². The third-order valence-electron chi connectivity index (χ3n) is 3.25. The highest BCUT2D eigenvalue weighted by Gasteiger charge is 2.14. The average Bonchev–Trinajstić information content (AvgIpc) is 2.80. The van der Waals surface area contributed by atoms with Crippen molar-refractivity contribution < 1.29 is 9.18 Å². The fourth-order valence-electron chi connectivity index (χ4n) is 2.33. The summed E-state index contributed by atoms with van der Waals surface area (Å²) < 4.78 is 13.2. The van der Waals surface area contributed by atoms with Gasteiger partial charge >= 0.3 is 0 Å². The van der Waals surface area contributed by atoms with Crippen LogP contribution in [0.15, 0.2) is 18.2 Å². The van der Waals surface area contributed by atoms with Gasteiger partial charge in [-0.25, -0.2) is 4.39 Å². The first-order valence-corrected chi connectivity index (χ1v) is 6.44. The number of hydrogen-bond donors (Lipinski definition) is 2. The summed E-state index contributed by atoms with van der Waals surface area (Å²) in [4.78, 5) is 11.8. The molecule has 1 heterocycles. The van der Waals surface area contributed by atoms with E-state index in [1.165, 1.54) is 25.0 Å². The van der Waals surface area contributed by atoms with Gasteiger partial charge < -0.3 is 10.6 Å². The topological polar surface area (TPSA) is 41.1 Å². The van der Waals surface area contributed by atoms with Crippen LogP contribution < -0.4 is 10.6 Å². The van der Waals surface area contributed by atoms with Crippen molar-refractivity contribution in [2.24, 2.45) is 0 Å². The van der Waals surface area contributed by atoms with Gasteiger partial charge in [-0.15, -0.1) is 0 Å². The maximum absolute atomic E-state index is 13.2. The maximum atomic E-state index is 13.2. The van der Waals surface area contributed by atoms with E-state index in [1.807, 2.05) is 0 Å². The lowest BCUT2D eigenvalue weighted by atomic mass is 10.1. The van der Waals surface area contributed by atoms with Gasteiger partial charge in [-0.3, -0.25) is 4.79 Å². The molecule has 2 N–H and O–H groups in total. The van der Waals surface area contributed by atoms with E-state index in [9.17, 15) is 9.18 Å². The highest BCUT2D eigenvalue weighted by atomic mass is 19.1. The van der Waals surface area contributed by atoms with Gasteiger partial charge in [-0.05, 0) is 56.5 Å². The van der Waals surface area contributed by atoms with E-state index in [4.69, 9.17) is 0 Å². The molecule has 0 radical (unpaired) electrons. The molecule has 1 aromatic carbocycles. The lowest BCUT2D eigenvalue weighted by Crippen LogP contribution is -2.30. The predicted octanol–water partition coefficient (Wildman–Crippen LogP) is 2.01. The second-order valence-corrected chi connectivity index (χ2v) is 4.86. The van der Waals surface area contributed by atoms with Crippen molar-refractivity contribution in [1.82, 2.24) is 10.6 Å². The summed E-state index contributed by atoms with van der Waals surface area (Å²) >= 11 is 0. The van der Waals surface area contributed by atoms with E-state index >= 15 is 0 Å². The first-order chi connectivity index (χ1) is 8.65. The number of carbonyl (C=O) groups is 1. The minimum atomic E-state index is -0.363.